The molecule has 0 atom stereocenters. The van der Waals surface area contributed by atoms with Crippen molar-refractivity contribution in [3.8, 4) is 0 Å². The third-order valence-electron chi connectivity index (χ3n) is 2.58. The summed E-state index contributed by atoms with van der Waals surface area (Å²) in [5.74, 6) is -1.54. The molecule has 0 fully saturated rings. The van der Waals surface area contributed by atoms with E-state index in [1.165, 1.54) is 0 Å². The maximum atomic E-state index is 11.7. The molecule has 106 valence electrons. The first-order valence-electron chi connectivity index (χ1n) is 5.56. The van der Waals surface area contributed by atoms with Crippen LogP contribution in [0.15, 0.2) is 0 Å². The lowest BCUT2D eigenvalue weighted by Crippen LogP contribution is -2.57. The van der Waals surface area contributed by atoms with E-state index < -0.39 is 42.7 Å². The van der Waals surface area contributed by atoms with Crippen molar-refractivity contribution in [3.05, 3.63) is 0 Å². The molecule has 0 bridgehead atoms. The molecule has 7 nitrogen and oxygen atoms in total. The molecule has 5 N–H and O–H groups in total. The zero-order chi connectivity index (χ0) is 14.4. The summed E-state index contributed by atoms with van der Waals surface area (Å²) in [6.45, 7) is 1.43. The molecule has 0 heterocycles. The molecule has 1 amide bonds. The van der Waals surface area contributed by atoms with Crippen molar-refractivity contribution in [2.75, 3.05) is 19.8 Å². The number of carbonyl (C=O) groups is 2. The maximum absolute atomic E-state index is 11.7. The highest BCUT2D eigenvalue weighted by Crippen LogP contribution is 2.25. The number of carbonyl (C=O) groups excluding carboxylic acids is 1. The number of hydrogen-bond donors (Lipinski definition) is 5. The van der Waals surface area contributed by atoms with Gasteiger partial charge in [-0.25, -0.2) is 0 Å². The SMILES string of the molecule is CC(C)(CC(=O)O)CC(=O)NC(CO)(CO)CO. The van der Waals surface area contributed by atoms with E-state index in [0.717, 1.165) is 0 Å². The third kappa shape index (κ3) is 5.44. The van der Waals surface area contributed by atoms with Gasteiger partial charge in [0.15, 0.2) is 0 Å². The van der Waals surface area contributed by atoms with Crippen LogP contribution in [0, 0.1) is 5.41 Å². The van der Waals surface area contributed by atoms with E-state index >= 15 is 0 Å². The molecule has 0 aromatic carbocycles. The monoisotopic (exact) mass is 263 g/mol. The zero-order valence-corrected chi connectivity index (χ0v) is 10.6. The zero-order valence-electron chi connectivity index (χ0n) is 10.6. The molecule has 0 aromatic rings. The van der Waals surface area contributed by atoms with Gasteiger partial charge in [0.25, 0.3) is 0 Å². The van der Waals surface area contributed by atoms with Crippen LogP contribution in [0.3, 0.4) is 0 Å². The van der Waals surface area contributed by atoms with Crippen molar-refractivity contribution < 1.29 is 30.0 Å². The minimum Gasteiger partial charge on any atom is -0.481 e. The minimum absolute atomic E-state index is 0.0823. The number of aliphatic hydroxyl groups excluding tert-OH is 3. The summed E-state index contributed by atoms with van der Waals surface area (Å²) in [5, 5.41) is 38.1. The summed E-state index contributed by atoms with van der Waals surface area (Å²) in [5.41, 5.74) is -2.22. The first-order chi connectivity index (χ1) is 8.20. The Hall–Kier alpha value is -1.18. The molecule has 0 rings (SSSR count). The Balaban J connectivity index is 4.54. The van der Waals surface area contributed by atoms with Gasteiger partial charge < -0.3 is 25.7 Å². The molecular formula is C11H21NO6. The number of amides is 1. The summed E-state index contributed by atoms with van der Waals surface area (Å²) in [6, 6.07) is 0. The van der Waals surface area contributed by atoms with Crippen molar-refractivity contribution in [3.63, 3.8) is 0 Å². The number of carboxylic acid groups (broad SMARTS) is 1. The number of aliphatic hydroxyl groups is 3. The van der Waals surface area contributed by atoms with Gasteiger partial charge in [0.1, 0.15) is 5.54 Å². The van der Waals surface area contributed by atoms with Gasteiger partial charge in [-0.3, -0.25) is 9.59 Å². The molecule has 0 spiro atoms. The van der Waals surface area contributed by atoms with Crippen LogP contribution in [0.25, 0.3) is 0 Å². The second-order valence-electron chi connectivity index (χ2n) is 5.21. The van der Waals surface area contributed by atoms with Gasteiger partial charge in [0.2, 0.25) is 5.91 Å². The quantitative estimate of drug-likeness (QED) is 0.371. The smallest absolute Gasteiger partial charge is 0.303 e. The number of rotatable bonds is 8. The Kier molecular flexibility index (Phi) is 6.23. The van der Waals surface area contributed by atoms with Gasteiger partial charge in [-0.05, 0) is 5.41 Å². The van der Waals surface area contributed by atoms with Gasteiger partial charge in [-0.1, -0.05) is 13.8 Å². The molecule has 0 aliphatic rings. The molecule has 0 aromatic heterocycles. The van der Waals surface area contributed by atoms with Gasteiger partial charge in [0.05, 0.1) is 26.2 Å². The molecule has 0 saturated carbocycles. The molecule has 0 aliphatic carbocycles. The normalized spacial score (nSPS) is 12.3. The molecule has 0 unspecified atom stereocenters. The highest BCUT2D eigenvalue weighted by molar-refractivity contribution is 5.78. The van der Waals surface area contributed by atoms with Crippen molar-refractivity contribution in [1.82, 2.24) is 5.32 Å². The lowest BCUT2D eigenvalue weighted by Gasteiger charge is -2.30. The summed E-state index contributed by atoms with van der Waals surface area (Å²) >= 11 is 0. The summed E-state index contributed by atoms with van der Waals surface area (Å²) in [7, 11) is 0. The minimum atomic E-state index is -1.48. The first-order valence-corrected chi connectivity index (χ1v) is 5.56. The Morgan fingerprint density at radius 1 is 1.00 bits per heavy atom. The number of nitrogens with one attached hydrogen (secondary N) is 1. The predicted molar refractivity (Wildman–Crippen MR) is 62.8 cm³/mol. The molecular weight excluding hydrogens is 242 g/mol. The highest BCUT2D eigenvalue weighted by Gasteiger charge is 2.32. The van der Waals surface area contributed by atoms with E-state index in [4.69, 9.17) is 20.4 Å². The Bertz CT molecular complexity index is 290. The van der Waals surface area contributed by atoms with E-state index in [-0.39, 0.29) is 12.8 Å². The average molecular weight is 263 g/mol. The second kappa shape index (κ2) is 6.67. The van der Waals surface area contributed by atoms with Crippen LogP contribution in [0.4, 0.5) is 0 Å². The van der Waals surface area contributed by atoms with Gasteiger partial charge in [-0.15, -0.1) is 0 Å². The molecule has 0 aliphatic heterocycles. The van der Waals surface area contributed by atoms with Crippen molar-refractivity contribution in [2.45, 2.75) is 32.2 Å². The van der Waals surface area contributed by atoms with Gasteiger partial charge >= 0.3 is 5.97 Å². The number of aliphatic carboxylic acids is 1. The van der Waals surface area contributed by atoms with Crippen LogP contribution in [-0.2, 0) is 9.59 Å². The fourth-order valence-electron chi connectivity index (χ4n) is 1.52. The average Bonchev–Trinajstić information content (AvgIpc) is 2.23. The standard InChI is InChI=1S/C11H21NO6/c1-10(2,4-9(17)18)3-8(16)12-11(5-13,6-14)7-15/h13-15H,3-7H2,1-2H3,(H,12,16)(H,17,18). The summed E-state index contributed by atoms with van der Waals surface area (Å²) < 4.78 is 0. The van der Waals surface area contributed by atoms with Crippen LogP contribution >= 0.6 is 0 Å². The van der Waals surface area contributed by atoms with Gasteiger partial charge in [-0.2, -0.15) is 0 Å². The van der Waals surface area contributed by atoms with Crippen LogP contribution in [-0.4, -0.2) is 57.7 Å². The molecule has 0 radical (unpaired) electrons. The highest BCUT2D eigenvalue weighted by atomic mass is 16.4. The van der Waals surface area contributed by atoms with E-state index in [1.807, 2.05) is 0 Å². The summed E-state index contributed by atoms with van der Waals surface area (Å²) in [4.78, 5) is 22.3. The topological polar surface area (TPSA) is 127 Å². The lowest BCUT2D eigenvalue weighted by molar-refractivity contribution is -0.140. The van der Waals surface area contributed by atoms with E-state index in [0.29, 0.717) is 0 Å². The first kappa shape index (κ1) is 16.8. The Morgan fingerprint density at radius 2 is 1.44 bits per heavy atom. The largest absolute Gasteiger partial charge is 0.481 e. The van der Waals surface area contributed by atoms with Gasteiger partial charge in [0, 0.05) is 6.42 Å². The lowest BCUT2D eigenvalue weighted by atomic mass is 9.85. The Labute approximate surface area is 105 Å². The summed E-state index contributed by atoms with van der Waals surface area (Å²) in [6.07, 6.45) is -0.258. The van der Waals surface area contributed by atoms with Crippen molar-refractivity contribution in [2.24, 2.45) is 5.41 Å². The number of carboxylic acids is 1. The van der Waals surface area contributed by atoms with Crippen LogP contribution < -0.4 is 5.32 Å². The molecule has 18 heavy (non-hydrogen) atoms. The molecule has 7 heteroatoms. The van der Waals surface area contributed by atoms with Crippen LogP contribution in [0.2, 0.25) is 0 Å². The maximum Gasteiger partial charge on any atom is 0.303 e. The van der Waals surface area contributed by atoms with E-state index in [9.17, 15) is 9.59 Å². The fourth-order valence-corrected chi connectivity index (χ4v) is 1.52. The number of hydrogen-bond acceptors (Lipinski definition) is 5. The van der Waals surface area contributed by atoms with Crippen molar-refractivity contribution in [1.29, 1.82) is 0 Å². The van der Waals surface area contributed by atoms with Crippen LogP contribution in [0.5, 0.6) is 0 Å². The Morgan fingerprint density at radius 3 is 1.78 bits per heavy atom. The van der Waals surface area contributed by atoms with Crippen molar-refractivity contribution >= 4 is 11.9 Å². The van der Waals surface area contributed by atoms with E-state index in [1.54, 1.807) is 13.8 Å². The predicted octanol–water partition coefficient (Wildman–Crippen LogP) is -1.29. The third-order valence-corrected chi connectivity index (χ3v) is 2.58. The van der Waals surface area contributed by atoms with Crippen LogP contribution in [0.1, 0.15) is 26.7 Å². The van der Waals surface area contributed by atoms with E-state index in [2.05, 4.69) is 5.32 Å². The molecule has 0 saturated heterocycles. The second-order valence-corrected chi connectivity index (χ2v) is 5.21. The fraction of sp³-hybridized carbons (Fsp3) is 0.818.